The van der Waals surface area contributed by atoms with E-state index in [1.807, 2.05) is 13.0 Å². The molecule has 156 valence electrons. The minimum absolute atomic E-state index is 0.114. The second kappa shape index (κ2) is 10.2. The monoisotopic (exact) mass is 389 g/mol. The van der Waals surface area contributed by atoms with Gasteiger partial charge in [-0.1, -0.05) is 12.1 Å². The Labute approximate surface area is 168 Å². The van der Waals surface area contributed by atoms with Crippen molar-refractivity contribution in [3.05, 3.63) is 29.3 Å². The summed E-state index contributed by atoms with van der Waals surface area (Å²) in [7, 11) is 1.66. The molecule has 2 N–H and O–H groups in total. The number of carbonyl (C=O) groups is 1. The third-order valence-electron chi connectivity index (χ3n) is 6.17. The summed E-state index contributed by atoms with van der Waals surface area (Å²) in [5, 5.41) is 12.7. The van der Waals surface area contributed by atoms with E-state index in [1.165, 1.54) is 5.56 Å². The molecule has 0 saturated carbocycles. The number of aromatic hydroxyl groups is 1. The fraction of sp³-hybridized carbons (Fsp3) is 0.682. The molecule has 6 heteroatoms. The molecule has 1 aromatic rings. The normalized spacial score (nSPS) is 22.3. The highest BCUT2D eigenvalue weighted by Gasteiger charge is 2.31. The van der Waals surface area contributed by atoms with Gasteiger partial charge < -0.3 is 15.2 Å². The van der Waals surface area contributed by atoms with Gasteiger partial charge in [0.25, 0.3) is 0 Å². The van der Waals surface area contributed by atoms with Crippen LogP contribution in [-0.4, -0.2) is 73.3 Å². The lowest BCUT2D eigenvalue weighted by atomic mass is 9.93. The van der Waals surface area contributed by atoms with Crippen molar-refractivity contribution in [3.63, 3.8) is 0 Å². The van der Waals surface area contributed by atoms with Gasteiger partial charge in [0, 0.05) is 32.8 Å². The average Bonchev–Trinajstić information content (AvgIpc) is 2.71. The molecule has 1 unspecified atom stereocenters. The summed E-state index contributed by atoms with van der Waals surface area (Å²) >= 11 is 0. The van der Waals surface area contributed by atoms with Crippen molar-refractivity contribution < 1.29 is 14.6 Å². The second-order valence-electron chi connectivity index (χ2n) is 8.25. The van der Waals surface area contributed by atoms with Gasteiger partial charge in [0.05, 0.1) is 12.5 Å². The number of phenols is 1. The molecule has 1 amide bonds. The molecule has 1 atom stereocenters. The second-order valence-corrected chi connectivity index (χ2v) is 8.25. The number of phenolic OH excluding ortho intramolecular Hbond substituents is 1. The number of ether oxygens (including phenoxy) is 1. The van der Waals surface area contributed by atoms with E-state index in [-0.39, 0.29) is 11.8 Å². The molecule has 0 aromatic heterocycles. The van der Waals surface area contributed by atoms with Gasteiger partial charge in [-0.05, 0) is 69.4 Å². The lowest BCUT2D eigenvalue weighted by molar-refractivity contribution is -0.127. The summed E-state index contributed by atoms with van der Waals surface area (Å²) in [6.07, 6.45) is 4.42. The Hall–Kier alpha value is -1.63. The first-order valence-electron chi connectivity index (χ1n) is 10.6. The van der Waals surface area contributed by atoms with Gasteiger partial charge in [0.15, 0.2) is 0 Å². The summed E-state index contributed by atoms with van der Waals surface area (Å²) in [5.41, 5.74) is 2.20. The first-order chi connectivity index (χ1) is 13.6. The third-order valence-corrected chi connectivity index (χ3v) is 6.17. The standard InChI is InChI=1S/C22H35N3O3/c1-17-14-18(5-6-21(17)26)15-24-11-7-20(8-12-24)25-10-3-4-19(16-25)22(27)23-9-13-28-2/h5-6,14,19-20,26H,3-4,7-13,15-16H2,1-2H3,(H,23,27). The van der Waals surface area contributed by atoms with Crippen molar-refractivity contribution in [2.75, 3.05) is 46.4 Å². The number of methoxy groups -OCH3 is 1. The SMILES string of the molecule is COCCNC(=O)C1CCCN(C2CCN(Cc3ccc(O)c(C)c3)CC2)C1. The van der Waals surface area contributed by atoms with Crippen LogP contribution in [-0.2, 0) is 16.1 Å². The molecule has 0 spiro atoms. The average molecular weight is 390 g/mol. The Kier molecular flexibility index (Phi) is 7.71. The molecule has 2 aliphatic heterocycles. The Balaban J connectivity index is 1.45. The maximum atomic E-state index is 12.4. The number of hydrogen-bond acceptors (Lipinski definition) is 5. The smallest absolute Gasteiger partial charge is 0.224 e. The Morgan fingerprint density at radius 1 is 1.25 bits per heavy atom. The van der Waals surface area contributed by atoms with Crippen LogP contribution in [0.4, 0.5) is 0 Å². The number of likely N-dealkylation sites (tertiary alicyclic amines) is 2. The zero-order valence-electron chi connectivity index (χ0n) is 17.3. The van der Waals surface area contributed by atoms with Gasteiger partial charge in [-0.2, -0.15) is 0 Å². The number of nitrogens with zero attached hydrogens (tertiary/aromatic N) is 2. The summed E-state index contributed by atoms with van der Waals surface area (Å²) in [5.74, 6) is 0.666. The largest absolute Gasteiger partial charge is 0.508 e. The fourth-order valence-corrected chi connectivity index (χ4v) is 4.49. The quantitative estimate of drug-likeness (QED) is 0.700. The predicted octanol–water partition coefficient (Wildman–Crippen LogP) is 2.14. The molecule has 2 heterocycles. The van der Waals surface area contributed by atoms with Gasteiger partial charge in [-0.15, -0.1) is 0 Å². The van der Waals surface area contributed by atoms with Crippen LogP contribution in [0.5, 0.6) is 5.75 Å². The highest BCUT2D eigenvalue weighted by molar-refractivity contribution is 5.78. The molecule has 1 aromatic carbocycles. The lowest BCUT2D eigenvalue weighted by Crippen LogP contribution is -2.50. The molecule has 6 nitrogen and oxygen atoms in total. The van der Waals surface area contributed by atoms with Crippen LogP contribution in [0.3, 0.4) is 0 Å². The molecule has 28 heavy (non-hydrogen) atoms. The van der Waals surface area contributed by atoms with Crippen molar-refractivity contribution in [2.24, 2.45) is 5.92 Å². The van der Waals surface area contributed by atoms with Crippen molar-refractivity contribution >= 4 is 5.91 Å². The van der Waals surface area contributed by atoms with E-state index in [1.54, 1.807) is 13.2 Å². The predicted molar refractivity (Wildman–Crippen MR) is 110 cm³/mol. The molecule has 0 aliphatic carbocycles. The van der Waals surface area contributed by atoms with E-state index in [2.05, 4.69) is 21.2 Å². The van der Waals surface area contributed by atoms with Crippen molar-refractivity contribution in [1.29, 1.82) is 0 Å². The van der Waals surface area contributed by atoms with Crippen LogP contribution in [0.15, 0.2) is 18.2 Å². The Morgan fingerprint density at radius 3 is 2.75 bits per heavy atom. The summed E-state index contributed by atoms with van der Waals surface area (Å²) in [4.78, 5) is 17.4. The van der Waals surface area contributed by atoms with Gasteiger partial charge in [0.2, 0.25) is 5.91 Å². The summed E-state index contributed by atoms with van der Waals surface area (Å²) < 4.78 is 5.02. The maximum absolute atomic E-state index is 12.4. The molecule has 2 aliphatic rings. The maximum Gasteiger partial charge on any atom is 0.224 e. The Morgan fingerprint density at radius 2 is 2.04 bits per heavy atom. The van der Waals surface area contributed by atoms with E-state index in [4.69, 9.17) is 4.74 Å². The number of aryl methyl sites for hydroxylation is 1. The molecular formula is C22H35N3O3. The zero-order chi connectivity index (χ0) is 19.9. The topological polar surface area (TPSA) is 65.0 Å². The van der Waals surface area contributed by atoms with Gasteiger partial charge >= 0.3 is 0 Å². The minimum Gasteiger partial charge on any atom is -0.508 e. The third kappa shape index (κ3) is 5.69. The van der Waals surface area contributed by atoms with Crippen molar-refractivity contribution in [1.82, 2.24) is 15.1 Å². The molecule has 0 bridgehead atoms. The number of rotatable bonds is 7. The summed E-state index contributed by atoms with van der Waals surface area (Å²) in [6, 6.07) is 6.49. The zero-order valence-corrected chi connectivity index (χ0v) is 17.3. The van der Waals surface area contributed by atoms with Crippen LogP contribution < -0.4 is 5.32 Å². The molecule has 3 rings (SSSR count). The number of nitrogens with one attached hydrogen (secondary N) is 1. The van der Waals surface area contributed by atoms with E-state index in [0.717, 1.165) is 64.0 Å². The van der Waals surface area contributed by atoms with E-state index < -0.39 is 0 Å². The molecule has 0 radical (unpaired) electrons. The van der Waals surface area contributed by atoms with Crippen LogP contribution in [0.2, 0.25) is 0 Å². The van der Waals surface area contributed by atoms with Gasteiger partial charge in [-0.25, -0.2) is 0 Å². The van der Waals surface area contributed by atoms with E-state index in [0.29, 0.717) is 24.9 Å². The molecule has 2 fully saturated rings. The van der Waals surface area contributed by atoms with Crippen LogP contribution in [0, 0.1) is 12.8 Å². The number of benzene rings is 1. The minimum atomic E-state index is 0.114. The molecular weight excluding hydrogens is 354 g/mol. The first-order valence-corrected chi connectivity index (χ1v) is 10.6. The van der Waals surface area contributed by atoms with Gasteiger partial charge in [0.1, 0.15) is 5.75 Å². The summed E-state index contributed by atoms with van der Waals surface area (Å²) in [6.45, 7) is 8.24. The van der Waals surface area contributed by atoms with E-state index in [9.17, 15) is 9.90 Å². The van der Waals surface area contributed by atoms with Crippen LogP contribution in [0.25, 0.3) is 0 Å². The van der Waals surface area contributed by atoms with Crippen LogP contribution >= 0.6 is 0 Å². The highest BCUT2D eigenvalue weighted by Crippen LogP contribution is 2.25. The van der Waals surface area contributed by atoms with Gasteiger partial charge in [-0.3, -0.25) is 14.6 Å². The van der Waals surface area contributed by atoms with Crippen LogP contribution in [0.1, 0.15) is 36.8 Å². The highest BCUT2D eigenvalue weighted by atomic mass is 16.5. The fourth-order valence-electron chi connectivity index (χ4n) is 4.49. The lowest BCUT2D eigenvalue weighted by Gasteiger charge is -2.42. The number of amides is 1. The number of carbonyl (C=O) groups excluding carboxylic acids is 1. The molecule has 2 saturated heterocycles. The Bertz CT molecular complexity index is 644. The van der Waals surface area contributed by atoms with Crippen molar-refractivity contribution in [2.45, 2.75) is 45.2 Å². The van der Waals surface area contributed by atoms with Crippen molar-refractivity contribution in [3.8, 4) is 5.75 Å². The first kappa shape index (κ1) is 21.1. The van der Waals surface area contributed by atoms with E-state index >= 15 is 0 Å². The number of hydrogen-bond donors (Lipinski definition) is 2. The number of piperidine rings is 2.